The van der Waals surface area contributed by atoms with E-state index < -0.39 is 16.1 Å². The van der Waals surface area contributed by atoms with Crippen molar-refractivity contribution in [3.05, 3.63) is 0 Å². The number of aliphatic hydroxyl groups is 1. The van der Waals surface area contributed by atoms with Crippen molar-refractivity contribution in [2.75, 3.05) is 25.4 Å². The Hall–Kier alpha value is -0.170. The molecule has 0 radical (unpaired) electrons. The molecule has 1 rings (SSSR count). The molecule has 0 aromatic rings. The number of nitrogens with two attached hydrogens (primary N) is 1. The van der Waals surface area contributed by atoms with E-state index in [2.05, 4.69) is 0 Å². The van der Waals surface area contributed by atoms with Crippen LogP contribution >= 0.6 is 0 Å². The van der Waals surface area contributed by atoms with Crippen molar-refractivity contribution in [2.45, 2.75) is 12.5 Å². The lowest BCUT2D eigenvalue weighted by Crippen LogP contribution is -2.37. The Balaban J connectivity index is 2.53. The molecule has 1 aliphatic heterocycles. The van der Waals surface area contributed by atoms with Gasteiger partial charge in [0.15, 0.2) is 0 Å². The lowest BCUT2D eigenvalue weighted by atomic mass is 10.3. The van der Waals surface area contributed by atoms with Gasteiger partial charge in [-0.2, -0.15) is 4.31 Å². The molecule has 1 fully saturated rings. The van der Waals surface area contributed by atoms with Crippen molar-refractivity contribution >= 4 is 10.0 Å². The maximum absolute atomic E-state index is 11.2. The molecule has 0 amide bonds. The van der Waals surface area contributed by atoms with Crippen molar-refractivity contribution in [1.29, 1.82) is 0 Å². The maximum atomic E-state index is 11.2. The molecule has 0 bridgehead atoms. The van der Waals surface area contributed by atoms with Crippen LogP contribution in [0.25, 0.3) is 0 Å². The molecule has 3 N–H and O–H groups in total. The first kappa shape index (κ1) is 9.91. The van der Waals surface area contributed by atoms with Gasteiger partial charge in [0.05, 0.1) is 11.9 Å². The molecule has 6 heteroatoms. The Labute approximate surface area is 72.2 Å². The minimum Gasteiger partial charge on any atom is -0.390 e. The first-order chi connectivity index (χ1) is 5.56. The molecule has 0 spiro atoms. The van der Waals surface area contributed by atoms with Crippen LogP contribution in [0.1, 0.15) is 6.42 Å². The lowest BCUT2D eigenvalue weighted by Gasteiger charge is -2.16. The normalized spacial score (nSPS) is 25.8. The number of hydrogen-bond donors (Lipinski definition) is 2. The summed E-state index contributed by atoms with van der Waals surface area (Å²) in [4.78, 5) is 0. The molecular formula is C6H14N2O3S. The average molecular weight is 194 g/mol. The number of sulfonamides is 1. The highest BCUT2D eigenvalue weighted by Crippen LogP contribution is 2.12. The number of aliphatic hydroxyl groups excluding tert-OH is 1. The van der Waals surface area contributed by atoms with Gasteiger partial charge < -0.3 is 10.8 Å². The largest absolute Gasteiger partial charge is 0.390 e. The van der Waals surface area contributed by atoms with E-state index in [9.17, 15) is 8.42 Å². The average Bonchev–Trinajstić information content (AvgIpc) is 2.31. The maximum Gasteiger partial charge on any atom is 0.214 e. The molecule has 1 atom stereocenters. The topological polar surface area (TPSA) is 83.6 Å². The summed E-state index contributed by atoms with van der Waals surface area (Å²) in [6.07, 6.45) is -0.0857. The van der Waals surface area contributed by atoms with Gasteiger partial charge in [-0.3, -0.25) is 0 Å². The van der Waals surface area contributed by atoms with Gasteiger partial charge >= 0.3 is 0 Å². The standard InChI is InChI=1S/C6H14N2O3S/c7-4-6(9)5-8-2-1-3-12(8,10)11/h6,9H,1-5,7H2. The summed E-state index contributed by atoms with van der Waals surface area (Å²) in [6.45, 7) is 0.754. The van der Waals surface area contributed by atoms with E-state index in [-0.39, 0.29) is 18.8 Å². The Morgan fingerprint density at radius 3 is 2.67 bits per heavy atom. The minimum atomic E-state index is -3.07. The van der Waals surface area contributed by atoms with E-state index in [0.29, 0.717) is 13.0 Å². The summed E-state index contributed by atoms with van der Waals surface area (Å²) in [5.74, 6) is 0.199. The molecule has 72 valence electrons. The van der Waals surface area contributed by atoms with Crippen molar-refractivity contribution in [1.82, 2.24) is 4.31 Å². The Morgan fingerprint density at radius 1 is 1.58 bits per heavy atom. The molecular weight excluding hydrogens is 180 g/mol. The van der Waals surface area contributed by atoms with Gasteiger partial charge in [-0.25, -0.2) is 8.42 Å². The number of nitrogens with zero attached hydrogens (tertiary/aromatic N) is 1. The fraction of sp³-hybridized carbons (Fsp3) is 1.00. The van der Waals surface area contributed by atoms with Crippen molar-refractivity contribution < 1.29 is 13.5 Å². The van der Waals surface area contributed by atoms with Crippen LogP contribution < -0.4 is 5.73 Å². The number of rotatable bonds is 3. The number of β-amino-alcohol motifs (C(OH)–C–C–N with tert-alkyl or cyclic N) is 1. The first-order valence-corrected chi connectivity index (χ1v) is 5.53. The second-order valence-corrected chi connectivity index (χ2v) is 5.01. The van der Waals surface area contributed by atoms with Crippen molar-refractivity contribution in [3.8, 4) is 0 Å². The highest BCUT2D eigenvalue weighted by Gasteiger charge is 2.29. The quantitative estimate of drug-likeness (QED) is 0.563. The molecule has 5 nitrogen and oxygen atoms in total. The van der Waals surface area contributed by atoms with Crippen LogP contribution in [0, 0.1) is 0 Å². The zero-order valence-corrected chi connectivity index (χ0v) is 7.63. The molecule has 0 aromatic heterocycles. The van der Waals surface area contributed by atoms with Gasteiger partial charge in [0.25, 0.3) is 0 Å². The summed E-state index contributed by atoms with van der Waals surface area (Å²) in [7, 11) is -3.07. The molecule has 1 saturated heterocycles. The smallest absolute Gasteiger partial charge is 0.214 e. The fourth-order valence-electron chi connectivity index (χ4n) is 1.21. The van der Waals surface area contributed by atoms with E-state index in [1.165, 1.54) is 4.31 Å². The number of hydrogen-bond acceptors (Lipinski definition) is 4. The van der Waals surface area contributed by atoms with Gasteiger partial charge in [0.2, 0.25) is 10.0 Å². The van der Waals surface area contributed by atoms with E-state index in [1.807, 2.05) is 0 Å². The van der Waals surface area contributed by atoms with Crippen LogP contribution in [0.4, 0.5) is 0 Å². The van der Waals surface area contributed by atoms with Gasteiger partial charge in [-0.1, -0.05) is 0 Å². The van der Waals surface area contributed by atoms with E-state index in [0.717, 1.165) is 0 Å². The molecule has 1 unspecified atom stereocenters. The molecule has 0 saturated carbocycles. The zero-order valence-electron chi connectivity index (χ0n) is 6.81. The SMILES string of the molecule is NCC(O)CN1CCCS1(=O)=O. The molecule has 1 aliphatic rings. The Kier molecular flexibility index (Phi) is 3.05. The zero-order chi connectivity index (χ0) is 9.19. The van der Waals surface area contributed by atoms with E-state index >= 15 is 0 Å². The highest BCUT2D eigenvalue weighted by atomic mass is 32.2. The van der Waals surface area contributed by atoms with Crippen LogP contribution in [0.15, 0.2) is 0 Å². The molecule has 12 heavy (non-hydrogen) atoms. The van der Waals surface area contributed by atoms with Crippen LogP contribution in [-0.2, 0) is 10.0 Å². The third-order valence-electron chi connectivity index (χ3n) is 1.89. The predicted molar refractivity (Wildman–Crippen MR) is 45.0 cm³/mol. The minimum absolute atomic E-state index is 0.103. The summed E-state index contributed by atoms with van der Waals surface area (Å²) in [6, 6.07) is 0. The Bertz CT molecular complexity index is 239. The Morgan fingerprint density at radius 2 is 2.25 bits per heavy atom. The first-order valence-electron chi connectivity index (χ1n) is 3.92. The van der Waals surface area contributed by atoms with Crippen LogP contribution in [0.5, 0.6) is 0 Å². The summed E-state index contributed by atoms with van der Waals surface area (Å²) in [5, 5.41) is 9.12. The molecule has 0 aliphatic carbocycles. The lowest BCUT2D eigenvalue weighted by molar-refractivity contribution is 0.156. The fourth-order valence-corrected chi connectivity index (χ4v) is 2.76. The highest BCUT2D eigenvalue weighted by molar-refractivity contribution is 7.89. The third kappa shape index (κ3) is 2.16. The van der Waals surface area contributed by atoms with E-state index in [1.54, 1.807) is 0 Å². The van der Waals surface area contributed by atoms with Gasteiger partial charge in [-0.15, -0.1) is 0 Å². The monoisotopic (exact) mass is 194 g/mol. The summed E-state index contributed by atoms with van der Waals surface area (Å²) in [5.41, 5.74) is 5.17. The molecule has 0 aromatic carbocycles. The molecule has 1 heterocycles. The second kappa shape index (κ2) is 3.69. The second-order valence-electron chi connectivity index (χ2n) is 2.92. The van der Waals surface area contributed by atoms with E-state index in [4.69, 9.17) is 10.8 Å². The summed E-state index contributed by atoms with van der Waals surface area (Å²) >= 11 is 0. The van der Waals surface area contributed by atoms with Crippen molar-refractivity contribution in [3.63, 3.8) is 0 Å². The third-order valence-corrected chi connectivity index (χ3v) is 3.81. The van der Waals surface area contributed by atoms with Gasteiger partial charge in [0.1, 0.15) is 0 Å². The van der Waals surface area contributed by atoms with Gasteiger partial charge in [-0.05, 0) is 6.42 Å². The van der Waals surface area contributed by atoms with Gasteiger partial charge in [0, 0.05) is 19.6 Å². The van der Waals surface area contributed by atoms with Crippen molar-refractivity contribution in [2.24, 2.45) is 5.73 Å². The van der Waals surface area contributed by atoms with Crippen LogP contribution in [0.2, 0.25) is 0 Å². The summed E-state index contributed by atoms with van der Waals surface area (Å²) < 4.78 is 23.7. The predicted octanol–water partition coefficient (Wildman–Crippen LogP) is -1.66. The van der Waals surface area contributed by atoms with Crippen LogP contribution in [-0.4, -0.2) is 49.3 Å². The van der Waals surface area contributed by atoms with Crippen LogP contribution in [0.3, 0.4) is 0 Å².